The summed E-state index contributed by atoms with van der Waals surface area (Å²) in [6, 6.07) is 15.5. The molecule has 0 fully saturated rings. The predicted molar refractivity (Wildman–Crippen MR) is 179 cm³/mol. The van der Waals surface area contributed by atoms with E-state index >= 15 is 0 Å². The molecule has 40 heavy (non-hydrogen) atoms. The lowest BCUT2D eigenvalue weighted by Gasteiger charge is -2.12. The smallest absolute Gasteiger partial charge is 0.0541 e. The molecule has 206 valence electrons. The number of rotatable bonds is 10. The van der Waals surface area contributed by atoms with E-state index < -0.39 is 0 Å². The third-order valence-corrected chi connectivity index (χ3v) is 6.60. The van der Waals surface area contributed by atoms with E-state index in [9.17, 15) is 0 Å². The standard InChI is InChI=1S/C38H44N2/c1-9-11-13-15-19-30(6)33-25-29(5)26-34(27-33)40-37-22-18-17-21-35(37)36(38(40)28(3)4)24-23-32(8)39-31(7)20-16-14-12-10-2/h9-19,21-27,39H,7,20H2,1-6,8H3/b11-9-,12-10-,15-13-,16-14-,30-19+,32-23+,36-24-. The maximum Gasteiger partial charge on any atom is 0.0541 e. The van der Waals surface area contributed by atoms with Crippen LogP contribution >= 0.6 is 0 Å². The Balaban J connectivity index is 2.16. The largest absolute Gasteiger partial charge is 0.363 e. The van der Waals surface area contributed by atoms with Gasteiger partial charge in [0.2, 0.25) is 0 Å². The summed E-state index contributed by atoms with van der Waals surface area (Å²) in [5, 5.41) is 7.13. The van der Waals surface area contributed by atoms with Crippen molar-refractivity contribution in [2.45, 2.75) is 54.9 Å². The molecule has 0 saturated carbocycles. The highest BCUT2D eigenvalue weighted by atomic mass is 15.0. The summed E-state index contributed by atoms with van der Waals surface area (Å²) in [6.07, 6.45) is 23.8. The number of benzene rings is 2. The van der Waals surface area contributed by atoms with Crippen molar-refractivity contribution in [2.24, 2.45) is 0 Å². The number of hydrogen-bond donors (Lipinski definition) is 1. The lowest BCUT2D eigenvalue weighted by molar-refractivity contribution is 0.933. The SMILES string of the molecule is C=C(C/C=C\C=C/C)N/C(C)=C/C=c1\c(=C(C)C)n(-c2cc(C)cc(/C(C)=C/C=C\C=C/C)c2)c2ccccc12. The molecule has 0 spiro atoms. The highest BCUT2D eigenvalue weighted by Gasteiger charge is 2.11. The van der Waals surface area contributed by atoms with E-state index in [1.165, 1.54) is 49.4 Å². The molecule has 0 amide bonds. The van der Waals surface area contributed by atoms with Gasteiger partial charge in [-0.1, -0.05) is 97.2 Å². The van der Waals surface area contributed by atoms with Crippen LogP contribution in [0.5, 0.6) is 0 Å². The molecule has 0 saturated heterocycles. The summed E-state index contributed by atoms with van der Waals surface area (Å²) in [5.74, 6) is 0. The first kappa shape index (κ1) is 30.2. The molecule has 2 nitrogen and oxygen atoms in total. The number of aromatic nitrogens is 1. The zero-order chi connectivity index (χ0) is 29.1. The molecule has 0 atom stereocenters. The fraction of sp³-hybridized carbons (Fsp3) is 0.211. The Morgan fingerprint density at radius 2 is 1.60 bits per heavy atom. The second-order valence-electron chi connectivity index (χ2n) is 10.3. The number of fused-ring (bicyclic) bond motifs is 1. The number of nitrogens with zero attached hydrogens (tertiary/aromatic N) is 1. The maximum absolute atomic E-state index is 4.18. The molecule has 1 aromatic heterocycles. The van der Waals surface area contributed by atoms with Gasteiger partial charge in [-0.15, -0.1) is 0 Å². The zero-order valence-electron chi connectivity index (χ0n) is 25.3. The fourth-order valence-electron chi connectivity index (χ4n) is 4.77. The summed E-state index contributed by atoms with van der Waals surface area (Å²) in [6.45, 7) is 19.1. The van der Waals surface area contributed by atoms with Gasteiger partial charge in [0.1, 0.15) is 0 Å². The third-order valence-electron chi connectivity index (χ3n) is 6.60. The Hall–Kier alpha value is -4.30. The lowest BCUT2D eigenvalue weighted by Crippen LogP contribution is -2.30. The molecular weight excluding hydrogens is 484 g/mol. The first-order valence-electron chi connectivity index (χ1n) is 14.0. The molecule has 1 heterocycles. The summed E-state index contributed by atoms with van der Waals surface area (Å²) in [7, 11) is 0. The van der Waals surface area contributed by atoms with Crippen LogP contribution in [0.25, 0.3) is 33.8 Å². The minimum Gasteiger partial charge on any atom is -0.363 e. The second-order valence-corrected chi connectivity index (χ2v) is 10.3. The van der Waals surface area contributed by atoms with Crippen LogP contribution in [0.4, 0.5) is 0 Å². The highest BCUT2D eigenvalue weighted by Crippen LogP contribution is 2.23. The van der Waals surface area contributed by atoms with Gasteiger partial charge in [-0.2, -0.15) is 0 Å². The van der Waals surface area contributed by atoms with Crippen LogP contribution in [-0.2, 0) is 0 Å². The first-order chi connectivity index (χ1) is 19.3. The monoisotopic (exact) mass is 528 g/mol. The minimum absolute atomic E-state index is 0.788. The van der Waals surface area contributed by atoms with Gasteiger partial charge in [-0.3, -0.25) is 0 Å². The van der Waals surface area contributed by atoms with Gasteiger partial charge in [0.05, 0.1) is 10.9 Å². The zero-order valence-corrected chi connectivity index (χ0v) is 25.3. The normalized spacial score (nSPS) is 13.6. The van der Waals surface area contributed by atoms with Crippen molar-refractivity contribution in [3.05, 3.63) is 143 Å². The topological polar surface area (TPSA) is 17.0 Å². The molecule has 0 aliphatic heterocycles. The Labute approximate surface area is 241 Å². The lowest BCUT2D eigenvalue weighted by atomic mass is 10.0. The van der Waals surface area contributed by atoms with Gasteiger partial charge in [-0.25, -0.2) is 0 Å². The van der Waals surface area contributed by atoms with Crippen molar-refractivity contribution in [2.75, 3.05) is 0 Å². The Morgan fingerprint density at radius 3 is 2.33 bits per heavy atom. The van der Waals surface area contributed by atoms with E-state index in [4.69, 9.17) is 0 Å². The van der Waals surface area contributed by atoms with Gasteiger partial charge < -0.3 is 9.88 Å². The maximum atomic E-state index is 4.18. The molecule has 0 aliphatic carbocycles. The summed E-state index contributed by atoms with van der Waals surface area (Å²) >= 11 is 0. The fourth-order valence-corrected chi connectivity index (χ4v) is 4.77. The molecule has 0 bridgehead atoms. The Bertz CT molecular complexity index is 1660. The average Bonchev–Trinajstić information content (AvgIpc) is 3.26. The van der Waals surface area contributed by atoms with E-state index in [2.05, 4.69) is 130 Å². The minimum atomic E-state index is 0.788. The van der Waals surface area contributed by atoms with Gasteiger partial charge in [-0.05, 0) is 89.4 Å². The Morgan fingerprint density at radius 1 is 0.875 bits per heavy atom. The van der Waals surface area contributed by atoms with E-state index in [1.807, 2.05) is 44.2 Å². The van der Waals surface area contributed by atoms with Crippen molar-refractivity contribution in [3.63, 3.8) is 0 Å². The summed E-state index contributed by atoms with van der Waals surface area (Å²) < 4.78 is 2.41. The van der Waals surface area contributed by atoms with E-state index in [0.29, 0.717) is 0 Å². The van der Waals surface area contributed by atoms with Gasteiger partial charge in [0.25, 0.3) is 0 Å². The molecule has 0 unspecified atom stereocenters. The number of aryl methyl sites for hydroxylation is 1. The summed E-state index contributed by atoms with van der Waals surface area (Å²) in [5.41, 5.74) is 9.38. The summed E-state index contributed by atoms with van der Waals surface area (Å²) in [4.78, 5) is 0. The molecule has 1 N–H and O–H groups in total. The van der Waals surface area contributed by atoms with Gasteiger partial charge >= 0.3 is 0 Å². The predicted octanol–water partition coefficient (Wildman–Crippen LogP) is 8.98. The van der Waals surface area contributed by atoms with Crippen molar-refractivity contribution in [1.29, 1.82) is 0 Å². The molecular formula is C38H44N2. The molecule has 3 aromatic rings. The van der Waals surface area contributed by atoms with E-state index in [-0.39, 0.29) is 0 Å². The first-order valence-corrected chi connectivity index (χ1v) is 14.0. The third kappa shape index (κ3) is 7.86. The van der Waals surface area contributed by atoms with Crippen molar-refractivity contribution >= 4 is 28.1 Å². The van der Waals surface area contributed by atoms with E-state index in [0.717, 1.165) is 17.8 Å². The van der Waals surface area contributed by atoms with Crippen LogP contribution in [0.2, 0.25) is 0 Å². The molecule has 3 rings (SSSR count). The van der Waals surface area contributed by atoms with Gasteiger partial charge in [0, 0.05) is 34.1 Å². The number of hydrogen-bond acceptors (Lipinski definition) is 1. The van der Waals surface area contributed by atoms with Crippen LogP contribution in [0, 0.1) is 6.92 Å². The number of para-hydroxylation sites is 1. The molecule has 2 heteroatoms. The van der Waals surface area contributed by atoms with Crippen LogP contribution in [0.15, 0.2) is 121 Å². The average molecular weight is 529 g/mol. The van der Waals surface area contributed by atoms with Gasteiger partial charge in [0.15, 0.2) is 0 Å². The molecule has 2 aromatic carbocycles. The van der Waals surface area contributed by atoms with Crippen LogP contribution < -0.4 is 15.9 Å². The van der Waals surface area contributed by atoms with E-state index in [1.54, 1.807) is 0 Å². The number of allylic oxidation sites excluding steroid dienone is 12. The highest BCUT2D eigenvalue weighted by molar-refractivity contribution is 5.85. The Kier molecular flexibility index (Phi) is 11.1. The second kappa shape index (κ2) is 14.7. The van der Waals surface area contributed by atoms with Crippen LogP contribution in [0.1, 0.15) is 59.1 Å². The molecule has 0 aliphatic rings. The van der Waals surface area contributed by atoms with Crippen LogP contribution in [-0.4, -0.2) is 4.57 Å². The quantitative estimate of drug-likeness (QED) is 0.260. The number of nitrogens with one attached hydrogen (secondary N) is 1. The van der Waals surface area contributed by atoms with Crippen molar-refractivity contribution in [1.82, 2.24) is 9.88 Å². The van der Waals surface area contributed by atoms with Crippen molar-refractivity contribution < 1.29 is 0 Å². The van der Waals surface area contributed by atoms with Crippen molar-refractivity contribution in [3.8, 4) is 5.69 Å². The molecule has 0 radical (unpaired) electrons. The van der Waals surface area contributed by atoms with Crippen LogP contribution in [0.3, 0.4) is 0 Å².